The Morgan fingerprint density at radius 2 is 1.79 bits per heavy atom. The maximum atomic E-state index is 12.7. The zero-order valence-corrected chi connectivity index (χ0v) is 16.7. The number of likely N-dealkylation sites (tertiary alicyclic amines) is 2. The molecule has 10 nitrogen and oxygen atoms in total. The van der Waals surface area contributed by atoms with E-state index in [-0.39, 0.29) is 12.5 Å². The first-order valence-electron chi connectivity index (χ1n) is 10.4. The number of morpholine rings is 1. The number of hydrogen-bond donors (Lipinski definition) is 0. The molecular weight excluding hydrogens is 362 g/mol. The second-order valence-corrected chi connectivity index (χ2v) is 7.80. The van der Waals surface area contributed by atoms with Gasteiger partial charge in [-0.05, 0) is 30.9 Å². The minimum atomic E-state index is 0.0717. The van der Waals surface area contributed by atoms with Crippen molar-refractivity contribution in [1.82, 2.24) is 30.0 Å². The van der Waals surface area contributed by atoms with Crippen LogP contribution in [0, 0.1) is 0 Å². The molecule has 1 amide bonds. The molecule has 0 spiro atoms. The Kier molecular flexibility index (Phi) is 6.38. The summed E-state index contributed by atoms with van der Waals surface area (Å²) in [6.07, 6.45) is 4.70. The van der Waals surface area contributed by atoms with Crippen LogP contribution in [0.5, 0.6) is 0 Å². The quantitative estimate of drug-likeness (QED) is 0.668. The molecule has 4 rings (SSSR count). The molecule has 0 atom stereocenters. The molecule has 0 aliphatic carbocycles. The third kappa shape index (κ3) is 4.61. The Balaban J connectivity index is 1.23. The van der Waals surface area contributed by atoms with Gasteiger partial charge < -0.3 is 24.2 Å². The Morgan fingerprint density at radius 3 is 2.46 bits per heavy atom. The highest BCUT2D eigenvalue weighted by molar-refractivity contribution is 5.75. The molecule has 0 aromatic carbocycles. The molecule has 156 valence electrons. The summed E-state index contributed by atoms with van der Waals surface area (Å²) in [5.41, 5.74) is 0. The summed E-state index contributed by atoms with van der Waals surface area (Å²) in [4.78, 5) is 20.6. The van der Waals surface area contributed by atoms with Crippen LogP contribution in [0.4, 0.5) is 5.95 Å². The fourth-order valence-corrected chi connectivity index (χ4v) is 4.37. The predicted molar refractivity (Wildman–Crippen MR) is 102 cm³/mol. The lowest BCUT2D eigenvalue weighted by atomic mass is 9.99. The van der Waals surface area contributed by atoms with Gasteiger partial charge in [-0.2, -0.15) is 4.80 Å². The highest BCUT2D eigenvalue weighted by Gasteiger charge is 2.30. The SMILES string of the molecule is COC1CCN(C2CCN(C(=O)Cn3nnc(N4CCOCC4)n3)CC2)CC1. The molecule has 3 aliphatic heterocycles. The first-order valence-corrected chi connectivity index (χ1v) is 10.4. The highest BCUT2D eigenvalue weighted by Crippen LogP contribution is 2.22. The van der Waals surface area contributed by atoms with Crippen molar-refractivity contribution in [3.63, 3.8) is 0 Å². The van der Waals surface area contributed by atoms with Gasteiger partial charge in [0.05, 0.1) is 19.3 Å². The molecule has 10 heteroatoms. The number of anilines is 1. The summed E-state index contributed by atoms with van der Waals surface area (Å²) in [7, 11) is 1.80. The van der Waals surface area contributed by atoms with Crippen LogP contribution in [0.2, 0.25) is 0 Å². The summed E-state index contributed by atoms with van der Waals surface area (Å²) >= 11 is 0. The number of carbonyl (C=O) groups excluding carboxylic acids is 1. The molecule has 0 unspecified atom stereocenters. The van der Waals surface area contributed by atoms with Gasteiger partial charge in [0.1, 0.15) is 6.54 Å². The average molecular weight is 393 g/mol. The maximum absolute atomic E-state index is 12.7. The minimum Gasteiger partial charge on any atom is -0.381 e. The number of ether oxygens (including phenoxy) is 2. The van der Waals surface area contributed by atoms with Gasteiger partial charge in [0.15, 0.2) is 0 Å². The number of carbonyl (C=O) groups is 1. The van der Waals surface area contributed by atoms with Gasteiger partial charge in [0, 0.05) is 52.4 Å². The van der Waals surface area contributed by atoms with Crippen molar-refractivity contribution < 1.29 is 14.3 Å². The normalized spacial score (nSPS) is 23.3. The number of aromatic nitrogens is 4. The zero-order chi connectivity index (χ0) is 19.3. The number of nitrogens with zero attached hydrogens (tertiary/aromatic N) is 7. The van der Waals surface area contributed by atoms with Crippen molar-refractivity contribution in [3.8, 4) is 0 Å². The number of rotatable bonds is 5. The van der Waals surface area contributed by atoms with Crippen LogP contribution in [0.1, 0.15) is 25.7 Å². The molecule has 4 heterocycles. The van der Waals surface area contributed by atoms with Gasteiger partial charge in [0.25, 0.3) is 5.95 Å². The standard InChI is InChI=1S/C18H31N7O3/c1-27-16-4-8-22(9-5-16)15-2-6-23(7-3-15)17(26)14-25-20-18(19-21-25)24-10-12-28-13-11-24/h15-16H,2-14H2,1H3. The number of hydrogen-bond acceptors (Lipinski definition) is 8. The second-order valence-electron chi connectivity index (χ2n) is 7.80. The molecule has 3 aliphatic rings. The van der Waals surface area contributed by atoms with Gasteiger partial charge in [-0.25, -0.2) is 0 Å². The highest BCUT2D eigenvalue weighted by atomic mass is 16.5. The lowest BCUT2D eigenvalue weighted by Gasteiger charge is -2.41. The van der Waals surface area contributed by atoms with E-state index < -0.39 is 0 Å². The molecule has 0 bridgehead atoms. The van der Waals surface area contributed by atoms with E-state index in [1.54, 1.807) is 7.11 Å². The molecular formula is C18H31N7O3. The molecule has 0 N–H and O–H groups in total. The molecule has 1 aromatic rings. The summed E-state index contributed by atoms with van der Waals surface area (Å²) in [5.74, 6) is 0.650. The van der Waals surface area contributed by atoms with E-state index in [1.165, 1.54) is 4.80 Å². The van der Waals surface area contributed by atoms with Gasteiger partial charge in [-0.1, -0.05) is 5.10 Å². The number of piperidine rings is 2. The summed E-state index contributed by atoms with van der Waals surface area (Å²) in [6, 6.07) is 0.583. The van der Waals surface area contributed by atoms with E-state index in [0.717, 1.165) is 65.0 Å². The fourth-order valence-electron chi connectivity index (χ4n) is 4.37. The van der Waals surface area contributed by atoms with Crippen LogP contribution >= 0.6 is 0 Å². The number of amides is 1. The van der Waals surface area contributed by atoms with Crippen molar-refractivity contribution in [1.29, 1.82) is 0 Å². The van der Waals surface area contributed by atoms with Gasteiger partial charge >= 0.3 is 0 Å². The smallest absolute Gasteiger partial charge is 0.266 e. The van der Waals surface area contributed by atoms with Crippen LogP contribution in [0.3, 0.4) is 0 Å². The van der Waals surface area contributed by atoms with Gasteiger partial charge in [0.2, 0.25) is 5.91 Å². The molecule has 3 saturated heterocycles. The third-order valence-electron chi connectivity index (χ3n) is 6.16. The first kappa shape index (κ1) is 19.5. The Morgan fingerprint density at radius 1 is 1.07 bits per heavy atom. The lowest BCUT2D eigenvalue weighted by molar-refractivity contribution is -0.134. The fraction of sp³-hybridized carbons (Fsp3) is 0.889. The van der Waals surface area contributed by atoms with Gasteiger partial charge in [-0.3, -0.25) is 4.79 Å². The Labute approximate surface area is 165 Å². The van der Waals surface area contributed by atoms with Crippen LogP contribution in [-0.2, 0) is 20.8 Å². The molecule has 0 radical (unpaired) electrons. The summed E-state index contributed by atoms with van der Waals surface area (Å²) in [6.45, 7) is 6.83. The van der Waals surface area contributed by atoms with Crippen molar-refractivity contribution >= 4 is 11.9 Å². The van der Waals surface area contributed by atoms with Crippen LogP contribution < -0.4 is 4.90 Å². The summed E-state index contributed by atoms with van der Waals surface area (Å²) in [5, 5.41) is 12.5. The first-order chi connectivity index (χ1) is 13.7. The Bertz CT molecular complexity index is 633. The molecule has 28 heavy (non-hydrogen) atoms. The monoisotopic (exact) mass is 393 g/mol. The summed E-state index contributed by atoms with van der Waals surface area (Å²) < 4.78 is 10.8. The minimum absolute atomic E-state index is 0.0717. The molecule has 3 fully saturated rings. The van der Waals surface area contributed by atoms with Crippen molar-refractivity contribution in [2.75, 3.05) is 64.5 Å². The largest absolute Gasteiger partial charge is 0.381 e. The average Bonchev–Trinajstić information content (AvgIpc) is 3.23. The van der Waals surface area contributed by atoms with Crippen molar-refractivity contribution in [2.45, 2.75) is 44.4 Å². The van der Waals surface area contributed by atoms with E-state index in [2.05, 4.69) is 20.3 Å². The number of tetrazole rings is 1. The predicted octanol–water partition coefficient (Wildman–Crippen LogP) is -0.388. The molecule has 0 saturated carbocycles. The number of methoxy groups -OCH3 is 1. The lowest BCUT2D eigenvalue weighted by Crippen LogP contribution is -2.50. The third-order valence-corrected chi connectivity index (χ3v) is 6.16. The zero-order valence-electron chi connectivity index (χ0n) is 16.7. The van der Waals surface area contributed by atoms with E-state index in [9.17, 15) is 4.79 Å². The van der Waals surface area contributed by atoms with Crippen LogP contribution in [0.25, 0.3) is 0 Å². The van der Waals surface area contributed by atoms with E-state index >= 15 is 0 Å². The van der Waals surface area contributed by atoms with Gasteiger partial charge in [-0.15, -0.1) is 5.10 Å². The van der Waals surface area contributed by atoms with Crippen LogP contribution in [0.15, 0.2) is 0 Å². The Hall–Kier alpha value is -1.78. The van der Waals surface area contributed by atoms with E-state index in [0.29, 0.717) is 31.3 Å². The second kappa shape index (κ2) is 9.15. The topological polar surface area (TPSA) is 88.9 Å². The van der Waals surface area contributed by atoms with Crippen molar-refractivity contribution in [3.05, 3.63) is 0 Å². The molecule has 1 aromatic heterocycles. The maximum Gasteiger partial charge on any atom is 0.266 e. The van der Waals surface area contributed by atoms with Crippen molar-refractivity contribution in [2.24, 2.45) is 0 Å². The van der Waals surface area contributed by atoms with Crippen LogP contribution in [-0.4, -0.2) is 108 Å². The van der Waals surface area contributed by atoms with E-state index in [1.807, 2.05) is 9.80 Å². The van der Waals surface area contributed by atoms with E-state index in [4.69, 9.17) is 9.47 Å².